The number of nitro benzene ring substituents is 1. The van der Waals surface area contributed by atoms with Crippen molar-refractivity contribution in [2.75, 3.05) is 45.9 Å². The van der Waals surface area contributed by atoms with Crippen molar-refractivity contribution in [1.29, 1.82) is 0 Å². The maximum atomic E-state index is 11.6. The number of unbranched alkanes of at least 4 members (excludes halogenated alkanes) is 1. The van der Waals surface area contributed by atoms with Gasteiger partial charge in [0.15, 0.2) is 5.75 Å². The molecule has 0 aromatic heterocycles. The molecule has 0 unspecified atom stereocenters. The Balaban J connectivity index is 1.62. The summed E-state index contributed by atoms with van der Waals surface area (Å²) in [5, 5.41) is 10.9. The van der Waals surface area contributed by atoms with E-state index in [2.05, 4.69) is 4.90 Å². The molecule has 1 amide bonds. The van der Waals surface area contributed by atoms with Crippen LogP contribution in [0.5, 0.6) is 5.75 Å². The van der Waals surface area contributed by atoms with E-state index in [9.17, 15) is 14.9 Å². The van der Waals surface area contributed by atoms with Gasteiger partial charge in [0.05, 0.1) is 18.1 Å². The number of hydrogen-bond acceptors (Lipinski definition) is 6. The zero-order valence-electron chi connectivity index (χ0n) is 14.6. The smallest absolute Gasteiger partial charge is 0.409 e. The van der Waals surface area contributed by atoms with E-state index in [0.29, 0.717) is 32.1 Å². The monoisotopic (exact) mass is 351 g/mol. The quantitative estimate of drug-likeness (QED) is 0.406. The molecule has 1 aromatic rings. The third kappa shape index (κ3) is 5.90. The van der Waals surface area contributed by atoms with Crippen molar-refractivity contribution in [2.45, 2.75) is 19.8 Å². The number of para-hydroxylation sites is 2. The van der Waals surface area contributed by atoms with E-state index in [4.69, 9.17) is 9.47 Å². The molecule has 0 bridgehead atoms. The van der Waals surface area contributed by atoms with Gasteiger partial charge in [-0.2, -0.15) is 0 Å². The predicted molar refractivity (Wildman–Crippen MR) is 92.9 cm³/mol. The minimum Gasteiger partial charge on any atom is -0.487 e. The highest BCUT2D eigenvalue weighted by molar-refractivity contribution is 5.67. The molecule has 0 saturated carbocycles. The van der Waals surface area contributed by atoms with Crippen molar-refractivity contribution >= 4 is 11.8 Å². The number of carbonyl (C=O) groups excluding carboxylic acids is 1. The van der Waals surface area contributed by atoms with Gasteiger partial charge in [0.25, 0.3) is 0 Å². The SMILES string of the molecule is CCOC(=O)N1CCN(CCCCOc2ccccc2[N+](=O)[O-])CC1. The number of carbonyl (C=O) groups is 1. The van der Waals surface area contributed by atoms with Crippen LogP contribution >= 0.6 is 0 Å². The van der Waals surface area contributed by atoms with E-state index in [1.165, 1.54) is 6.07 Å². The Bertz CT molecular complexity index is 573. The molecule has 1 aliphatic heterocycles. The van der Waals surface area contributed by atoms with Gasteiger partial charge >= 0.3 is 11.8 Å². The fourth-order valence-corrected chi connectivity index (χ4v) is 2.72. The summed E-state index contributed by atoms with van der Waals surface area (Å²) in [6.07, 6.45) is 1.53. The number of piperazine rings is 1. The van der Waals surface area contributed by atoms with Gasteiger partial charge in [-0.05, 0) is 32.4 Å². The molecular formula is C17H25N3O5. The summed E-state index contributed by atoms with van der Waals surface area (Å²) in [7, 11) is 0. The van der Waals surface area contributed by atoms with Crippen molar-refractivity contribution in [1.82, 2.24) is 9.80 Å². The van der Waals surface area contributed by atoms with Crippen LogP contribution in [0.3, 0.4) is 0 Å². The number of rotatable bonds is 8. The first kappa shape index (κ1) is 19.0. The molecule has 1 heterocycles. The Morgan fingerprint density at radius 3 is 2.60 bits per heavy atom. The molecule has 25 heavy (non-hydrogen) atoms. The van der Waals surface area contributed by atoms with Gasteiger partial charge in [0.2, 0.25) is 0 Å². The summed E-state index contributed by atoms with van der Waals surface area (Å²) in [6.45, 7) is 6.63. The fourth-order valence-electron chi connectivity index (χ4n) is 2.72. The van der Waals surface area contributed by atoms with Gasteiger partial charge < -0.3 is 14.4 Å². The Kier molecular flexibility index (Phi) is 7.46. The van der Waals surface area contributed by atoms with Crippen LogP contribution in [0, 0.1) is 10.1 Å². The number of amides is 1. The van der Waals surface area contributed by atoms with Crippen LogP contribution in [0.25, 0.3) is 0 Å². The first-order chi connectivity index (χ1) is 12.1. The van der Waals surface area contributed by atoms with E-state index in [1.54, 1.807) is 30.0 Å². The van der Waals surface area contributed by atoms with Crippen LogP contribution in [-0.4, -0.2) is 66.8 Å². The standard InChI is InChI=1S/C17H25N3O5/c1-2-24-17(21)19-12-10-18(11-13-19)9-5-6-14-25-16-8-4-3-7-15(16)20(22)23/h3-4,7-8H,2,5-6,9-14H2,1H3. The number of nitrogens with zero attached hydrogens (tertiary/aromatic N) is 3. The first-order valence-electron chi connectivity index (χ1n) is 8.62. The summed E-state index contributed by atoms with van der Waals surface area (Å²) in [4.78, 5) is 26.2. The average molecular weight is 351 g/mol. The molecule has 0 radical (unpaired) electrons. The van der Waals surface area contributed by atoms with E-state index in [1.807, 2.05) is 0 Å². The molecule has 138 valence electrons. The van der Waals surface area contributed by atoms with Crippen LogP contribution in [0.2, 0.25) is 0 Å². The molecule has 2 rings (SSSR count). The Hall–Kier alpha value is -2.35. The molecular weight excluding hydrogens is 326 g/mol. The van der Waals surface area contributed by atoms with Crippen LogP contribution in [0.1, 0.15) is 19.8 Å². The second-order valence-electron chi connectivity index (χ2n) is 5.81. The van der Waals surface area contributed by atoms with E-state index in [-0.39, 0.29) is 11.8 Å². The maximum absolute atomic E-state index is 11.6. The maximum Gasteiger partial charge on any atom is 0.409 e. The first-order valence-corrected chi connectivity index (χ1v) is 8.62. The molecule has 0 N–H and O–H groups in total. The third-order valence-electron chi connectivity index (χ3n) is 4.09. The van der Waals surface area contributed by atoms with Gasteiger partial charge in [-0.15, -0.1) is 0 Å². The number of benzene rings is 1. The molecule has 0 spiro atoms. The van der Waals surface area contributed by atoms with Crippen molar-refractivity contribution in [3.8, 4) is 5.75 Å². The Morgan fingerprint density at radius 1 is 1.20 bits per heavy atom. The Morgan fingerprint density at radius 2 is 1.92 bits per heavy atom. The lowest BCUT2D eigenvalue weighted by atomic mass is 10.2. The van der Waals surface area contributed by atoms with E-state index in [0.717, 1.165) is 32.5 Å². The van der Waals surface area contributed by atoms with Crippen molar-refractivity contribution in [3.63, 3.8) is 0 Å². The van der Waals surface area contributed by atoms with Crippen LogP contribution in [0.4, 0.5) is 10.5 Å². The van der Waals surface area contributed by atoms with Gasteiger partial charge in [-0.3, -0.25) is 15.0 Å². The number of nitro groups is 1. The van der Waals surface area contributed by atoms with Crippen molar-refractivity contribution < 1.29 is 19.2 Å². The highest BCUT2D eigenvalue weighted by atomic mass is 16.6. The Labute approximate surface area is 147 Å². The molecule has 0 aliphatic carbocycles. The zero-order chi connectivity index (χ0) is 18.1. The summed E-state index contributed by atoms with van der Waals surface area (Å²) >= 11 is 0. The van der Waals surface area contributed by atoms with Crippen LogP contribution < -0.4 is 4.74 Å². The number of ether oxygens (including phenoxy) is 2. The van der Waals surface area contributed by atoms with E-state index < -0.39 is 4.92 Å². The van der Waals surface area contributed by atoms with Crippen LogP contribution in [0.15, 0.2) is 24.3 Å². The lowest BCUT2D eigenvalue weighted by Crippen LogP contribution is -2.49. The van der Waals surface area contributed by atoms with Gasteiger partial charge in [-0.25, -0.2) is 4.79 Å². The minimum atomic E-state index is -0.432. The molecule has 1 saturated heterocycles. The van der Waals surface area contributed by atoms with Crippen molar-refractivity contribution in [3.05, 3.63) is 34.4 Å². The highest BCUT2D eigenvalue weighted by Crippen LogP contribution is 2.25. The second-order valence-corrected chi connectivity index (χ2v) is 5.81. The summed E-state index contributed by atoms with van der Waals surface area (Å²) < 4.78 is 10.5. The van der Waals surface area contributed by atoms with Gasteiger partial charge in [0.1, 0.15) is 0 Å². The normalized spacial score (nSPS) is 15.0. The van der Waals surface area contributed by atoms with E-state index >= 15 is 0 Å². The zero-order valence-corrected chi connectivity index (χ0v) is 14.6. The third-order valence-corrected chi connectivity index (χ3v) is 4.09. The minimum absolute atomic E-state index is 0.00223. The average Bonchev–Trinajstić information content (AvgIpc) is 2.62. The van der Waals surface area contributed by atoms with Crippen LogP contribution in [-0.2, 0) is 4.74 Å². The molecule has 1 fully saturated rings. The largest absolute Gasteiger partial charge is 0.487 e. The molecule has 8 nitrogen and oxygen atoms in total. The molecule has 0 atom stereocenters. The highest BCUT2D eigenvalue weighted by Gasteiger charge is 2.21. The van der Waals surface area contributed by atoms with Crippen molar-refractivity contribution in [2.24, 2.45) is 0 Å². The number of hydrogen-bond donors (Lipinski definition) is 0. The predicted octanol–water partition coefficient (Wildman–Crippen LogP) is 2.53. The van der Waals surface area contributed by atoms with Gasteiger partial charge in [-0.1, -0.05) is 12.1 Å². The topological polar surface area (TPSA) is 85.2 Å². The lowest BCUT2D eigenvalue weighted by molar-refractivity contribution is -0.385. The fraction of sp³-hybridized carbons (Fsp3) is 0.588. The summed E-state index contributed by atoms with van der Waals surface area (Å²) in [6, 6.07) is 6.41. The molecule has 8 heteroatoms. The molecule has 1 aromatic carbocycles. The summed E-state index contributed by atoms with van der Waals surface area (Å²) in [5.74, 6) is 0.315. The lowest BCUT2D eigenvalue weighted by Gasteiger charge is -2.33. The van der Waals surface area contributed by atoms with Gasteiger partial charge in [0, 0.05) is 32.2 Å². The summed E-state index contributed by atoms with van der Waals surface area (Å²) in [5.41, 5.74) is -0.00223. The second kappa shape index (κ2) is 9.83. The molecule has 1 aliphatic rings.